The van der Waals surface area contributed by atoms with Crippen LogP contribution in [0, 0.1) is 0 Å². The van der Waals surface area contributed by atoms with Crippen LogP contribution in [0.4, 0.5) is 10.5 Å². The molecule has 140 valence electrons. The maximum atomic E-state index is 11.2. The number of anilines is 1. The van der Waals surface area contributed by atoms with Crippen molar-refractivity contribution in [3.8, 4) is 0 Å². The summed E-state index contributed by atoms with van der Waals surface area (Å²) in [5, 5.41) is 11.8. The molecule has 27 heavy (non-hydrogen) atoms. The van der Waals surface area contributed by atoms with E-state index in [1.807, 2.05) is 52.0 Å². The molecule has 2 N–H and O–H groups in total. The minimum absolute atomic E-state index is 0.431. The molecule has 0 atom stereocenters. The molecule has 0 unspecified atom stereocenters. The SMILES string of the molecule is CC1(C)OB(c2ccc(NC(=O)O)c3c2Sc2ccccc2C3)OC1(C)C. The Balaban J connectivity index is 1.80. The standard InChI is InChI=1S/C20H22BNO4S/c1-19(2)20(3,4)26-21(25-19)14-9-10-15(22-18(23)24)13-11-12-7-5-6-8-16(12)27-17(13)14/h5-10,22H,11H2,1-4H3,(H,23,24). The van der Waals surface area contributed by atoms with Gasteiger partial charge in [-0.2, -0.15) is 0 Å². The topological polar surface area (TPSA) is 67.8 Å². The van der Waals surface area contributed by atoms with Gasteiger partial charge in [0, 0.05) is 21.9 Å². The monoisotopic (exact) mass is 383 g/mol. The van der Waals surface area contributed by atoms with Crippen LogP contribution in [0.25, 0.3) is 0 Å². The van der Waals surface area contributed by atoms with Crippen molar-refractivity contribution in [3.05, 3.63) is 47.5 Å². The molecule has 2 aromatic rings. The van der Waals surface area contributed by atoms with Crippen LogP contribution in [-0.4, -0.2) is 29.5 Å². The second-order valence-corrected chi connectivity index (χ2v) is 8.97. The van der Waals surface area contributed by atoms with Gasteiger partial charge in [0.15, 0.2) is 0 Å². The van der Waals surface area contributed by atoms with Gasteiger partial charge in [-0.3, -0.25) is 5.32 Å². The Morgan fingerprint density at radius 1 is 1.11 bits per heavy atom. The Bertz CT molecular complexity index is 912. The van der Waals surface area contributed by atoms with Crippen molar-refractivity contribution in [1.29, 1.82) is 0 Å². The van der Waals surface area contributed by atoms with Crippen LogP contribution in [0.3, 0.4) is 0 Å². The predicted octanol–water partition coefficient (Wildman–Crippen LogP) is 4.13. The normalized spacial score (nSPS) is 19.3. The number of nitrogens with one attached hydrogen (secondary N) is 1. The zero-order chi connectivity index (χ0) is 19.4. The molecule has 2 aliphatic heterocycles. The fourth-order valence-electron chi connectivity index (χ4n) is 3.38. The van der Waals surface area contributed by atoms with E-state index in [4.69, 9.17) is 9.31 Å². The fourth-order valence-corrected chi connectivity index (χ4v) is 4.61. The Morgan fingerprint density at radius 2 is 1.78 bits per heavy atom. The molecule has 4 rings (SSSR count). The lowest BCUT2D eigenvalue weighted by Gasteiger charge is -2.32. The number of carbonyl (C=O) groups is 1. The molecular weight excluding hydrogens is 361 g/mol. The van der Waals surface area contributed by atoms with Gasteiger partial charge in [-0.15, -0.1) is 0 Å². The quantitative estimate of drug-likeness (QED) is 0.652. The van der Waals surface area contributed by atoms with Crippen molar-refractivity contribution in [2.24, 2.45) is 0 Å². The smallest absolute Gasteiger partial charge is 0.465 e. The van der Waals surface area contributed by atoms with Crippen LogP contribution < -0.4 is 10.8 Å². The summed E-state index contributed by atoms with van der Waals surface area (Å²) in [4.78, 5) is 13.4. The first-order valence-corrected chi connectivity index (χ1v) is 9.77. The summed E-state index contributed by atoms with van der Waals surface area (Å²) in [6.45, 7) is 8.12. The zero-order valence-electron chi connectivity index (χ0n) is 15.8. The van der Waals surface area contributed by atoms with Crippen molar-refractivity contribution in [2.45, 2.75) is 55.1 Å². The van der Waals surface area contributed by atoms with E-state index < -0.39 is 24.4 Å². The highest BCUT2D eigenvalue weighted by Gasteiger charge is 2.52. The Hall–Kier alpha value is -1.96. The first-order valence-electron chi connectivity index (χ1n) is 8.95. The number of carboxylic acid groups (broad SMARTS) is 1. The molecule has 0 aromatic heterocycles. The van der Waals surface area contributed by atoms with Gasteiger partial charge in [0.05, 0.1) is 11.2 Å². The van der Waals surface area contributed by atoms with Crippen molar-refractivity contribution < 1.29 is 19.2 Å². The van der Waals surface area contributed by atoms with Gasteiger partial charge in [0.25, 0.3) is 0 Å². The van der Waals surface area contributed by atoms with E-state index in [1.165, 1.54) is 10.5 Å². The lowest BCUT2D eigenvalue weighted by molar-refractivity contribution is 0.00578. The Labute approximate surface area is 163 Å². The highest BCUT2D eigenvalue weighted by molar-refractivity contribution is 7.99. The average Bonchev–Trinajstić information content (AvgIpc) is 2.80. The third-order valence-electron chi connectivity index (χ3n) is 5.59. The van der Waals surface area contributed by atoms with Gasteiger partial charge in [0.2, 0.25) is 0 Å². The minimum atomic E-state index is -1.07. The van der Waals surface area contributed by atoms with E-state index in [2.05, 4.69) is 17.4 Å². The fraction of sp³-hybridized carbons (Fsp3) is 0.350. The number of hydrogen-bond acceptors (Lipinski definition) is 4. The van der Waals surface area contributed by atoms with E-state index in [9.17, 15) is 9.90 Å². The number of fused-ring (bicyclic) bond motifs is 2. The summed E-state index contributed by atoms with van der Waals surface area (Å²) < 4.78 is 12.5. The van der Waals surface area contributed by atoms with Gasteiger partial charge in [0.1, 0.15) is 0 Å². The summed E-state index contributed by atoms with van der Waals surface area (Å²) in [6, 6.07) is 11.9. The van der Waals surface area contributed by atoms with E-state index in [-0.39, 0.29) is 0 Å². The molecule has 0 saturated carbocycles. The number of rotatable bonds is 2. The van der Waals surface area contributed by atoms with Crippen molar-refractivity contribution in [3.63, 3.8) is 0 Å². The van der Waals surface area contributed by atoms with E-state index in [0.717, 1.165) is 15.9 Å². The maximum absolute atomic E-state index is 11.2. The van der Waals surface area contributed by atoms with Crippen LogP contribution in [0.15, 0.2) is 46.2 Å². The molecule has 2 heterocycles. The Morgan fingerprint density at radius 3 is 2.44 bits per heavy atom. The third-order valence-corrected chi connectivity index (χ3v) is 6.90. The van der Waals surface area contributed by atoms with Crippen LogP contribution in [0.5, 0.6) is 0 Å². The molecule has 1 fully saturated rings. The van der Waals surface area contributed by atoms with Crippen LogP contribution in [-0.2, 0) is 15.7 Å². The van der Waals surface area contributed by atoms with Crippen LogP contribution in [0.1, 0.15) is 38.8 Å². The second kappa shape index (κ2) is 6.29. The number of amides is 1. The van der Waals surface area contributed by atoms with E-state index in [1.54, 1.807) is 11.8 Å². The van der Waals surface area contributed by atoms with Gasteiger partial charge >= 0.3 is 13.2 Å². The summed E-state index contributed by atoms with van der Waals surface area (Å²) in [7, 11) is -0.486. The highest BCUT2D eigenvalue weighted by atomic mass is 32.2. The molecule has 0 spiro atoms. The molecule has 1 saturated heterocycles. The maximum Gasteiger partial charge on any atom is 0.496 e. The minimum Gasteiger partial charge on any atom is -0.465 e. The molecule has 0 bridgehead atoms. The summed E-state index contributed by atoms with van der Waals surface area (Å²) in [5.41, 5.74) is 2.85. The lowest BCUT2D eigenvalue weighted by Crippen LogP contribution is -2.41. The van der Waals surface area contributed by atoms with E-state index in [0.29, 0.717) is 12.1 Å². The third kappa shape index (κ3) is 3.14. The highest BCUT2D eigenvalue weighted by Crippen LogP contribution is 2.43. The first kappa shape index (κ1) is 18.4. The van der Waals surface area contributed by atoms with E-state index >= 15 is 0 Å². The first-order chi connectivity index (χ1) is 12.7. The van der Waals surface area contributed by atoms with Gasteiger partial charge in [-0.25, -0.2) is 4.79 Å². The zero-order valence-corrected chi connectivity index (χ0v) is 16.6. The van der Waals surface area contributed by atoms with Gasteiger partial charge in [-0.05, 0) is 56.4 Å². The van der Waals surface area contributed by atoms with Crippen LogP contribution >= 0.6 is 11.8 Å². The second-order valence-electron chi connectivity index (χ2n) is 7.91. The number of benzene rings is 2. The largest absolute Gasteiger partial charge is 0.496 e. The molecule has 2 aromatic carbocycles. The van der Waals surface area contributed by atoms with Crippen molar-refractivity contribution in [2.75, 3.05) is 5.32 Å². The van der Waals surface area contributed by atoms with Crippen LogP contribution in [0.2, 0.25) is 0 Å². The summed E-state index contributed by atoms with van der Waals surface area (Å²) in [5.74, 6) is 0. The predicted molar refractivity (Wildman–Crippen MR) is 107 cm³/mol. The van der Waals surface area contributed by atoms with Crippen molar-refractivity contribution >= 4 is 36.1 Å². The number of hydrogen-bond donors (Lipinski definition) is 2. The molecule has 0 radical (unpaired) electrons. The molecule has 5 nitrogen and oxygen atoms in total. The molecule has 7 heteroatoms. The molecular formula is C20H22BNO4S. The summed E-state index contributed by atoms with van der Waals surface area (Å²) in [6.07, 6.45) is -0.397. The van der Waals surface area contributed by atoms with Crippen molar-refractivity contribution in [1.82, 2.24) is 0 Å². The summed E-state index contributed by atoms with van der Waals surface area (Å²) >= 11 is 1.64. The molecule has 1 amide bonds. The van der Waals surface area contributed by atoms with Gasteiger partial charge in [-0.1, -0.05) is 36.0 Å². The van der Waals surface area contributed by atoms with Gasteiger partial charge < -0.3 is 14.4 Å². The Kier molecular flexibility index (Phi) is 4.29. The molecule has 0 aliphatic carbocycles. The average molecular weight is 383 g/mol. The lowest BCUT2D eigenvalue weighted by atomic mass is 9.77. The molecule has 2 aliphatic rings.